The lowest BCUT2D eigenvalue weighted by atomic mass is 10.2. The van der Waals surface area contributed by atoms with E-state index in [4.69, 9.17) is 15.2 Å². The van der Waals surface area contributed by atoms with Crippen molar-refractivity contribution in [3.63, 3.8) is 0 Å². The molecule has 0 aromatic heterocycles. The molecule has 110 valence electrons. The second kappa shape index (κ2) is 7.18. The molecule has 1 aliphatic heterocycles. The summed E-state index contributed by atoms with van der Waals surface area (Å²) in [6, 6.07) is 4.82. The second-order valence-corrected chi connectivity index (χ2v) is 4.57. The first-order valence-corrected chi connectivity index (χ1v) is 6.61. The number of hydrogen-bond acceptors (Lipinski definition) is 6. The maximum atomic E-state index is 11.0. The number of benzene rings is 1. The quantitative estimate of drug-likeness (QED) is 0.611. The summed E-state index contributed by atoms with van der Waals surface area (Å²) in [5.74, 6) is 0.292. The molecule has 1 aromatic carbocycles. The third-order valence-electron chi connectivity index (χ3n) is 3.22. The summed E-state index contributed by atoms with van der Waals surface area (Å²) in [7, 11) is 0. The highest BCUT2D eigenvalue weighted by molar-refractivity contribution is 5.48. The van der Waals surface area contributed by atoms with Gasteiger partial charge in [-0.1, -0.05) is 6.07 Å². The Morgan fingerprint density at radius 3 is 2.80 bits per heavy atom. The number of morpholine rings is 1. The van der Waals surface area contributed by atoms with Gasteiger partial charge < -0.3 is 15.2 Å². The number of nitro benzene ring substituents is 1. The molecule has 0 unspecified atom stereocenters. The fraction of sp³-hybridized carbons (Fsp3) is 0.538. The summed E-state index contributed by atoms with van der Waals surface area (Å²) in [4.78, 5) is 12.8. The highest BCUT2D eigenvalue weighted by Crippen LogP contribution is 2.27. The van der Waals surface area contributed by atoms with Crippen LogP contribution in [0.15, 0.2) is 18.2 Å². The lowest BCUT2D eigenvalue weighted by Gasteiger charge is -2.26. The molecule has 0 spiro atoms. The van der Waals surface area contributed by atoms with Gasteiger partial charge >= 0.3 is 5.69 Å². The summed E-state index contributed by atoms with van der Waals surface area (Å²) < 4.78 is 10.8. The van der Waals surface area contributed by atoms with Gasteiger partial charge in [-0.05, 0) is 11.6 Å². The SMILES string of the molecule is NCc1ccc(OCCN2CCOCC2)c([N+](=O)[O-])c1. The molecule has 0 amide bonds. The normalized spacial score (nSPS) is 16.1. The fourth-order valence-corrected chi connectivity index (χ4v) is 2.06. The predicted octanol–water partition coefficient (Wildman–Crippen LogP) is 0.764. The van der Waals surface area contributed by atoms with Gasteiger partial charge in [0.25, 0.3) is 0 Å². The Labute approximate surface area is 117 Å². The zero-order valence-electron chi connectivity index (χ0n) is 11.3. The highest BCUT2D eigenvalue weighted by Gasteiger charge is 2.16. The van der Waals surface area contributed by atoms with Crippen molar-refractivity contribution >= 4 is 5.69 Å². The van der Waals surface area contributed by atoms with Crippen molar-refractivity contribution in [1.82, 2.24) is 4.90 Å². The first kappa shape index (κ1) is 14.7. The van der Waals surface area contributed by atoms with Gasteiger partial charge in [0, 0.05) is 32.2 Å². The molecule has 0 aliphatic carbocycles. The Hall–Kier alpha value is -1.70. The van der Waals surface area contributed by atoms with Crippen LogP contribution in [0.3, 0.4) is 0 Å². The van der Waals surface area contributed by atoms with E-state index in [0.717, 1.165) is 38.4 Å². The number of hydrogen-bond donors (Lipinski definition) is 1. The van der Waals surface area contributed by atoms with E-state index in [1.807, 2.05) is 0 Å². The molecule has 0 atom stereocenters. The van der Waals surface area contributed by atoms with Gasteiger partial charge in [-0.15, -0.1) is 0 Å². The Bertz CT molecular complexity index is 461. The van der Waals surface area contributed by atoms with E-state index in [0.29, 0.717) is 12.4 Å². The average Bonchev–Trinajstić information content (AvgIpc) is 2.48. The Morgan fingerprint density at radius 2 is 2.15 bits per heavy atom. The zero-order chi connectivity index (χ0) is 14.4. The van der Waals surface area contributed by atoms with Crippen LogP contribution in [0, 0.1) is 10.1 Å². The van der Waals surface area contributed by atoms with E-state index in [-0.39, 0.29) is 12.2 Å². The van der Waals surface area contributed by atoms with Crippen LogP contribution in [0.4, 0.5) is 5.69 Å². The number of nitrogens with two attached hydrogens (primary N) is 1. The molecule has 1 heterocycles. The maximum Gasteiger partial charge on any atom is 0.311 e. The van der Waals surface area contributed by atoms with E-state index in [2.05, 4.69) is 4.90 Å². The third-order valence-corrected chi connectivity index (χ3v) is 3.22. The summed E-state index contributed by atoms with van der Waals surface area (Å²) in [5.41, 5.74) is 6.17. The number of ether oxygens (including phenoxy) is 2. The molecule has 1 aliphatic rings. The van der Waals surface area contributed by atoms with Crippen molar-refractivity contribution in [1.29, 1.82) is 0 Å². The van der Waals surface area contributed by atoms with Crippen LogP contribution in [0.5, 0.6) is 5.75 Å². The minimum absolute atomic E-state index is 0.0325. The van der Waals surface area contributed by atoms with Crippen LogP contribution in [0.1, 0.15) is 5.56 Å². The Kier molecular flexibility index (Phi) is 5.28. The lowest BCUT2D eigenvalue weighted by Crippen LogP contribution is -2.38. The van der Waals surface area contributed by atoms with Gasteiger partial charge in [0.1, 0.15) is 6.61 Å². The molecule has 7 heteroatoms. The standard InChI is InChI=1S/C13H19N3O4/c14-10-11-1-2-13(12(9-11)16(17)18)20-8-5-15-3-6-19-7-4-15/h1-2,9H,3-8,10,14H2. The largest absolute Gasteiger partial charge is 0.485 e. The van der Waals surface area contributed by atoms with Gasteiger partial charge in [-0.25, -0.2) is 0 Å². The van der Waals surface area contributed by atoms with Gasteiger partial charge in [-0.2, -0.15) is 0 Å². The van der Waals surface area contributed by atoms with Crippen LogP contribution in [0.2, 0.25) is 0 Å². The first-order valence-electron chi connectivity index (χ1n) is 6.61. The third kappa shape index (κ3) is 3.89. The molecule has 20 heavy (non-hydrogen) atoms. The molecule has 2 rings (SSSR count). The van der Waals surface area contributed by atoms with E-state index in [1.165, 1.54) is 6.07 Å². The highest BCUT2D eigenvalue weighted by atomic mass is 16.6. The molecule has 2 N–H and O–H groups in total. The van der Waals surface area contributed by atoms with E-state index in [9.17, 15) is 10.1 Å². The molecule has 0 bridgehead atoms. The molecule has 0 radical (unpaired) electrons. The topological polar surface area (TPSA) is 90.9 Å². The number of nitrogens with zero attached hydrogens (tertiary/aromatic N) is 2. The van der Waals surface area contributed by atoms with Crippen molar-refractivity contribution < 1.29 is 14.4 Å². The van der Waals surface area contributed by atoms with Crippen LogP contribution < -0.4 is 10.5 Å². The van der Waals surface area contributed by atoms with Crippen LogP contribution in [-0.2, 0) is 11.3 Å². The minimum Gasteiger partial charge on any atom is -0.485 e. The van der Waals surface area contributed by atoms with Gasteiger partial charge in [0.2, 0.25) is 0 Å². The molecular formula is C13H19N3O4. The average molecular weight is 281 g/mol. The van der Waals surface area contributed by atoms with Crippen LogP contribution in [0.25, 0.3) is 0 Å². The van der Waals surface area contributed by atoms with Gasteiger partial charge in [0.15, 0.2) is 5.75 Å². The molecule has 1 fully saturated rings. The number of nitro groups is 1. The lowest BCUT2D eigenvalue weighted by molar-refractivity contribution is -0.385. The van der Waals surface area contributed by atoms with E-state index >= 15 is 0 Å². The van der Waals surface area contributed by atoms with Crippen LogP contribution >= 0.6 is 0 Å². The van der Waals surface area contributed by atoms with Crippen molar-refractivity contribution in [2.45, 2.75) is 6.54 Å². The predicted molar refractivity (Wildman–Crippen MR) is 73.7 cm³/mol. The molecular weight excluding hydrogens is 262 g/mol. The van der Waals surface area contributed by atoms with E-state index in [1.54, 1.807) is 12.1 Å². The first-order chi connectivity index (χ1) is 9.70. The van der Waals surface area contributed by atoms with Gasteiger partial charge in [0.05, 0.1) is 18.1 Å². The molecule has 1 saturated heterocycles. The summed E-state index contributed by atoms with van der Waals surface area (Å²) in [6.45, 7) is 4.63. The Balaban J connectivity index is 1.92. The minimum atomic E-state index is -0.441. The van der Waals surface area contributed by atoms with Crippen molar-refractivity contribution in [3.8, 4) is 5.75 Å². The van der Waals surface area contributed by atoms with Crippen molar-refractivity contribution in [2.24, 2.45) is 5.73 Å². The van der Waals surface area contributed by atoms with Gasteiger partial charge in [-0.3, -0.25) is 15.0 Å². The van der Waals surface area contributed by atoms with E-state index < -0.39 is 4.92 Å². The summed E-state index contributed by atoms with van der Waals surface area (Å²) in [6.07, 6.45) is 0. The fourth-order valence-electron chi connectivity index (χ4n) is 2.06. The molecule has 1 aromatic rings. The second-order valence-electron chi connectivity index (χ2n) is 4.57. The summed E-state index contributed by atoms with van der Waals surface area (Å²) in [5, 5.41) is 11.0. The zero-order valence-corrected chi connectivity index (χ0v) is 11.3. The van der Waals surface area contributed by atoms with Crippen LogP contribution in [-0.4, -0.2) is 49.3 Å². The number of rotatable bonds is 6. The van der Waals surface area contributed by atoms with Crippen molar-refractivity contribution in [3.05, 3.63) is 33.9 Å². The summed E-state index contributed by atoms with van der Waals surface area (Å²) >= 11 is 0. The molecule has 7 nitrogen and oxygen atoms in total. The molecule has 0 saturated carbocycles. The van der Waals surface area contributed by atoms with Crippen molar-refractivity contribution in [2.75, 3.05) is 39.5 Å². The Morgan fingerprint density at radius 1 is 1.40 bits per heavy atom. The monoisotopic (exact) mass is 281 g/mol. The maximum absolute atomic E-state index is 11.0. The smallest absolute Gasteiger partial charge is 0.311 e.